The molecule has 1 aliphatic rings. The van der Waals surface area contributed by atoms with E-state index in [-0.39, 0.29) is 88.6 Å². The van der Waals surface area contributed by atoms with Gasteiger partial charge in [-0.15, -0.1) is 0 Å². The Labute approximate surface area is 234 Å². The third kappa shape index (κ3) is 5.94. The second kappa shape index (κ2) is 12.8. The largest absolute Gasteiger partial charge is 1.00 e. The maximum Gasteiger partial charge on any atom is 1.00 e. The van der Waals surface area contributed by atoms with Gasteiger partial charge in [0.2, 0.25) is 24.0 Å². The molecule has 1 unspecified atom stereocenters. The standard InChI is InChI=1S/C19H16NO9P.2Na.H2O/c1-23-13-4-10(5-16(18(13)25-3)29-30(21)22)12-8-20-28-17(12)11-6-14(24-2)19-15(7-11)26-9-27-19;;;/h4-8H,9H2,1-3H3;;;1H2/q;2*+1;/p-1. The molecule has 14 heteroatoms. The van der Waals surface area contributed by atoms with Gasteiger partial charge in [-0.25, -0.2) is 0 Å². The first kappa shape index (κ1) is 29.5. The van der Waals surface area contributed by atoms with E-state index in [1.54, 1.807) is 18.2 Å². The van der Waals surface area contributed by atoms with Crippen LogP contribution in [0.3, 0.4) is 0 Å². The summed E-state index contributed by atoms with van der Waals surface area (Å²) in [5.74, 6) is 2.27. The van der Waals surface area contributed by atoms with Crippen molar-refractivity contribution in [2.24, 2.45) is 0 Å². The third-order valence-electron chi connectivity index (χ3n) is 4.42. The van der Waals surface area contributed by atoms with Crippen LogP contribution in [0.5, 0.6) is 34.5 Å². The van der Waals surface area contributed by atoms with E-state index in [9.17, 15) is 9.46 Å². The maximum atomic E-state index is 11.1. The number of methoxy groups -OCH3 is 3. The van der Waals surface area contributed by atoms with Crippen LogP contribution in [0.1, 0.15) is 0 Å². The molecule has 0 aliphatic carbocycles. The van der Waals surface area contributed by atoms with Crippen molar-refractivity contribution in [2.75, 3.05) is 28.1 Å². The molecule has 1 aliphatic heterocycles. The molecule has 4 rings (SSSR count). The van der Waals surface area contributed by atoms with Crippen LogP contribution in [0.25, 0.3) is 22.5 Å². The molecule has 3 aromatic rings. The van der Waals surface area contributed by atoms with Crippen LogP contribution in [0.4, 0.5) is 0 Å². The molecule has 0 amide bonds. The number of benzene rings is 2. The fourth-order valence-corrected chi connectivity index (χ4v) is 3.44. The Hall–Kier alpha value is -1.53. The van der Waals surface area contributed by atoms with Crippen molar-refractivity contribution in [3.8, 4) is 56.9 Å². The number of hydrogen-bond donors (Lipinski definition) is 0. The Morgan fingerprint density at radius 2 is 1.61 bits per heavy atom. The van der Waals surface area contributed by atoms with E-state index < -0.39 is 8.25 Å². The van der Waals surface area contributed by atoms with Gasteiger partial charge in [-0.1, -0.05) is 5.16 Å². The van der Waals surface area contributed by atoms with Crippen LogP contribution in [0.2, 0.25) is 0 Å². The molecule has 0 spiro atoms. The predicted octanol–water partition coefficient (Wildman–Crippen LogP) is -3.01. The molecule has 1 aromatic heterocycles. The van der Waals surface area contributed by atoms with E-state index >= 15 is 0 Å². The van der Waals surface area contributed by atoms with E-state index in [1.165, 1.54) is 33.6 Å². The van der Waals surface area contributed by atoms with Gasteiger partial charge in [0.1, 0.15) is 0 Å². The molecule has 164 valence electrons. The molecule has 0 fully saturated rings. The Bertz CT molecular complexity index is 1120. The van der Waals surface area contributed by atoms with Gasteiger partial charge in [0.25, 0.3) is 0 Å². The fourth-order valence-electron chi connectivity index (χ4n) is 3.15. The zero-order valence-electron chi connectivity index (χ0n) is 18.6. The third-order valence-corrected chi connectivity index (χ3v) is 4.77. The summed E-state index contributed by atoms with van der Waals surface area (Å²) in [4.78, 5) is 11.1. The number of ether oxygens (including phenoxy) is 5. The Balaban J connectivity index is 0.00000181. The second-order valence-electron chi connectivity index (χ2n) is 6.01. The first-order valence-corrected chi connectivity index (χ1v) is 9.66. The molecule has 0 saturated carbocycles. The molecular formula is C19H17NNa2O10P+. The zero-order valence-corrected chi connectivity index (χ0v) is 23.5. The smallest absolute Gasteiger partial charge is 0.870 e. The van der Waals surface area contributed by atoms with E-state index in [0.29, 0.717) is 39.7 Å². The Kier molecular flexibility index (Phi) is 11.4. The first-order chi connectivity index (χ1) is 14.5. The summed E-state index contributed by atoms with van der Waals surface area (Å²) in [7, 11) is 1.16. The molecular weight excluding hydrogens is 479 g/mol. The van der Waals surface area contributed by atoms with E-state index in [4.69, 9.17) is 32.7 Å². The molecule has 2 heterocycles. The summed E-state index contributed by atoms with van der Waals surface area (Å²) in [5.41, 5.74) is 1.71. The number of hydrogen-bond acceptors (Lipinski definition) is 11. The van der Waals surface area contributed by atoms with Crippen molar-refractivity contribution in [1.29, 1.82) is 0 Å². The Morgan fingerprint density at radius 1 is 0.939 bits per heavy atom. The molecule has 0 saturated heterocycles. The average molecular weight is 496 g/mol. The van der Waals surface area contributed by atoms with Gasteiger partial charge < -0.3 is 38.6 Å². The van der Waals surface area contributed by atoms with Crippen LogP contribution >= 0.6 is 8.25 Å². The molecule has 11 nitrogen and oxygen atoms in total. The summed E-state index contributed by atoms with van der Waals surface area (Å²) in [6.07, 6.45) is 1.49. The molecule has 2 aromatic carbocycles. The van der Waals surface area contributed by atoms with Crippen molar-refractivity contribution >= 4 is 8.25 Å². The van der Waals surface area contributed by atoms with Crippen molar-refractivity contribution in [1.82, 2.24) is 5.16 Å². The van der Waals surface area contributed by atoms with Crippen molar-refractivity contribution < 1.29 is 107 Å². The van der Waals surface area contributed by atoms with E-state index in [1.807, 2.05) is 0 Å². The zero-order chi connectivity index (χ0) is 21.3. The first-order valence-electron chi connectivity index (χ1n) is 8.57. The van der Waals surface area contributed by atoms with Crippen LogP contribution in [-0.4, -0.2) is 38.8 Å². The van der Waals surface area contributed by atoms with Crippen molar-refractivity contribution in [3.05, 3.63) is 30.5 Å². The monoisotopic (exact) mass is 496 g/mol. The Morgan fingerprint density at radius 3 is 2.24 bits per heavy atom. The minimum absolute atomic E-state index is 0. The fraction of sp³-hybridized carbons (Fsp3) is 0.211. The van der Waals surface area contributed by atoms with Gasteiger partial charge in [-0.3, -0.25) is 4.52 Å². The number of nitrogens with zero attached hydrogens (tertiary/aromatic N) is 1. The average Bonchev–Trinajstić information content (AvgIpc) is 3.41. The summed E-state index contributed by atoms with van der Waals surface area (Å²) in [6.45, 7) is 0.0855. The quantitative estimate of drug-likeness (QED) is 0.243. The topological polar surface area (TPSA) is 152 Å². The molecule has 33 heavy (non-hydrogen) atoms. The number of rotatable bonds is 7. The molecule has 0 bridgehead atoms. The summed E-state index contributed by atoms with van der Waals surface area (Å²) in [5, 5.41) is 3.89. The summed E-state index contributed by atoms with van der Waals surface area (Å²) < 4.78 is 48.4. The molecule has 1 atom stereocenters. The number of fused-ring (bicyclic) bond motifs is 1. The minimum atomic E-state index is -3.17. The SMILES string of the molecule is COc1cc(-c2cnoc2-c2cc(OC)c3c(c2)OCO3)cc(O[P+](=O)[O-])c1OC.[Na+].[Na+].[OH-]. The predicted molar refractivity (Wildman–Crippen MR) is 103 cm³/mol. The molecule has 0 radical (unpaired) electrons. The van der Waals surface area contributed by atoms with Crippen LogP contribution in [-0.2, 0) is 4.57 Å². The van der Waals surface area contributed by atoms with Gasteiger partial charge >= 0.3 is 67.4 Å². The second-order valence-corrected chi connectivity index (χ2v) is 6.64. The van der Waals surface area contributed by atoms with Crippen LogP contribution < -0.4 is 92.2 Å². The van der Waals surface area contributed by atoms with Gasteiger partial charge in [0.05, 0.1) is 27.5 Å². The van der Waals surface area contributed by atoms with Crippen LogP contribution in [0.15, 0.2) is 35.0 Å². The van der Waals surface area contributed by atoms with E-state index in [0.717, 1.165) is 0 Å². The van der Waals surface area contributed by atoms with Crippen molar-refractivity contribution in [3.63, 3.8) is 0 Å². The minimum Gasteiger partial charge on any atom is -0.870 e. The van der Waals surface area contributed by atoms with Gasteiger partial charge in [-0.2, -0.15) is 0 Å². The summed E-state index contributed by atoms with van der Waals surface area (Å²) >= 11 is 0. The van der Waals surface area contributed by atoms with E-state index in [2.05, 4.69) is 5.16 Å². The summed E-state index contributed by atoms with van der Waals surface area (Å²) in [6, 6.07) is 6.61. The van der Waals surface area contributed by atoms with Crippen LogP contribution in [0, 0.1) is 0 Å². The normalized spacial score (nSPS) is 11.3. The van der Waals surface area contributed by atoms with Gasteiger partial charge in [0, 0.05) is 11.1 Å². The number of aromatic nitrogens is 1. The molecule has 1 N–H and O–H groups in total. The van der Waals surface area contributed by atoms with Gasteiger partial charge in [0.15, 0.2) is 23.0 Å². The maximum absolute atomic E-state index is 11.1. The van der Waals surface area contributed by atoms with Gasteiger partial charge in [-0.05, 0) is 34.4 Å². The van der Waals surface area contributed by atoms with Crippen molar-refractivity contribution in [2.45, 2.75) is 0 Å².